The predicted octanol–water partition coefficient (Wildman–Crippen LogP) is 1.96. The minimum Gasteiger partial charge on any atom is -0.390 e. The molecule has 0 aliphatic rings. The molecule has 0 bridgehead atoms. The monoisotopic (exact) mass is 160 g/mol. The first-order valence-electron chi connectivity index (χ1n) is 4.21. The van der Waals surface area contributed by atoms with Crippen LogP contribution < -0.4 is 0 Å². The molecule has 1 N–H and O–H groups in total. The van der Waals surface area contributed by atoms with Gasteiger partial charge in [0.1, 0.15) is 0 Å². The molecule has 68 valence electrons. The second kappa shape index (κ2) is 4.73. The molecule has 2 nitrogen and oxygen atoms in total. The highest BCUT2D eigenvalue weighted by Crippen LogP contribution is 2.13. The van der Waals surface area contributed by atoms with E-state index in [1.165, 1.54) is 0 Å². The number of methoxy groups -OCH3 is 1. The van der Waals surface area contributed by atoms with E-state index in [0.717, 1.165) is 19.3 Å². The summed E-state index contributed by atoms with van der Waals surface area (Å²) in [7, 11) is 1.72. The van der Waals surface area contributed by atoms with Crippen LogP contribution in [0.15, 0.2) is 0 Å². The van der Waals surface area contributed by atoms with Gasteiger partial charge in [0.15, 0.2) is 0 Å². The lowest BCUT2D eigenvalue weighted by Gasteiger charge is -2.17. The van der Waals surface area contributed by atoms with Gasteiger partial charge >= 0.3 is 0 Å². The molecule has 11 heavy (non-hydrogen) atoms. The molecule has 0 aliphatic carbocycles. The number of rotatable bonds is 5. The van der Waals surface area contributed by atoms with Crippen molar-refractivity contribution < 1.29 is 9.84 Å². The summed E-state index contributed by atoms with van der Waals surface area (Å²) < 4.78 is 5.08. The van der Waals surface area contributed by atoms with Crippen molar-refractivity contribution in [1.29, 1.82) is 0 Å². The quantitative estimate of drug-likeness (QED) is 0.666. The summed E-state index contributed by atoms with van der Waals surface area (Å²) in [6.07, 6.45) is 3.22. The number of hydrogen-bond acceptors (Lipinski definition) is 2. The summed E-state index contributed by atoms with van der Waals surface area (Å²) in [4.78, 5) is 0. The molecule has 0 aromatic rings. The number of ether oxygens (including phenoxy) is 1. The van der Waals surface area contributed by atoms with Crippen LogP contribution in [0.2, 0.25) is 0 Å². The minimum absolute atomic E-state index is 0.317. The molecule has 0 saturated heterocycles. The Bertz CT molecular complexity index is 94.2. The molecule has 0 heterocycles. The highest BCUT2D eigenvalue weighted by atomic mass is 16.5. The Morgan fingerprint density at radius 2 is 2.00 bits per heavy atom. The second-order valence-corrected chi connectivity index (χ2v) is 3.75. The topological polar surface area (TPSA) is 29.5 Å². The molecule has 0 spiro atoms. The largest absolute Gasteiger partial charge is 0.390 e. The van der Waals surface area contributed by atoms with E-state index in [1.807, 2.05) is 20.8 Å². The number of hydrogen-bond donors (Lipinski definition) is 1. The third kappa shape index (κ3) is 7.82. The minimum atomic E-state index is -0.520. The van der Waals surface area contributed by atoms with Gasteiger partial charge < -0.3 is 9.84 Å². The predicted molar refractivity (Wildman–Crippen MR) is 46.6 cm³/mol. The summed E-state index contributed by atoms with van der Waals surface area (Å²) in [6.45, 7) is 5.72. The van der Waals surface area contributed by atoms with Crippen molar-refractivity contribution in [2.45, 2.75) is 51.7 Å². The van der Waals surface area contributed by atoms with Crippen LogP contribution in [-0.2, 0) is 4.74 Å². The molecular weight excluding hydrogens is 140 g/mol. The maximum Gasteiger partial charge on any atom is 0.0591 e. The van der Waals surface area contributed by atoms with Crippen LogP contribution in [0.3, 0.4) is 0 Å². The average molecular weight is 160 g/mol. The highest BCUT2D eigenvalue weighted by molar-refractivity contribution is 4.65. The molecule has 0 aromatic heterocycles. The van der Waals surface area contributed by atoms with Crippen LogP contribution in [0.5, 0.6) is 0 Å². The number of aliphatic hydroxyl groups is 1. The summed E-state index contributed by atoms with van der Waals surface area (Å²) in [5.41, 5.74) is -0.520. The Morgan fingerprint density at radius 1 is 1.45 bits per heavy atom. The van der Waals surface area contributed by atoms with E-state index in [1.54, 1.807) is 7.11 Å². The van der Waals surface area contributed by atoms with Gasteiger partial charge in [-0.25, -0.2) is 0 Å². The van der Waals surface area contributed by atoms with Crippen LogP contribution in [-0.4, -0.2) is 23.9 Å². The first kappa shape index (κ1) is 10.9. The molecule has 0 radical (unpaired) electrons. The van der Waals surface area contributed by atoms with Gasteiger partial charge in [0.2, 0.25) is 0 Å². The maximum atomic E-state index is 9.36. The van der Waals surface area contributed by atoms with Crippen molar-refractivity contribution in [1.82, 2.24) is 0 Å². The lowest BCUT2D eigenvalue weighted by atomic mass is 10.0. The molecule has 0 aromatic carbocycles. The van der Waals surface area contributed by atoms with E-state index in [9.17, 15) is 5.11 Å². The fourth-order valence-corrected chi connectivity index (χ4v) is 0.940. The lowest BCUT2D eigenvalue weighted by Crippen LogP contribution is -2.18. The van der Waals surface area contributed by atoms with Gasteiger partial charge in [0, 0.05) is 7.11 Å². The molecule has 1 unspecified atom stereocenters. The average Bonchev–Trinajstić information content (AvgIpc) is 1.85. The molecule has 0 rings (SSSR count). The van der Waals surface area contributed by atoms with Gasteiger partial charge in [0.25, 0.3) is 0 Å². The standard InChI is InChI=1S/C9H20O2/c1-8(11-4)6-5-7-9(2,3)10/h8,10H,5-7H2,1-4H3. The Hall–Kier alpha value is -0.0800. The molecule has 0 amide bonds. The van der Waals surface area contributed by atoms with Crippen molar-refractivity contribution in [3.8, 4) is 0 Å². The zero-order valence-corrected chi connectivity index (χ0v) is 8.05. The van der Waals surface area contributed by atoms with Gasteiger partial charge in [-0.2, -0.15) is 0 Å². The highest BCUT2D eigenvalue weighted by Gasteiger charge is 2.12. The van der Waals surface area contributed by atoms with Crippen molar-refractivity contribution in [3.63, 3.8) is 0 Å². The van der Waals surface area contributed by atoms with Gasteiger partial charge in [0.05, 0.1) is 11.7 Å². The van der Waals surface area contributed by atoms with E-state index in [4.69, 9.17) is 4.74 Å². The van der Waals surface area contributed by atoms with Crippen molar-refractivity contribution in [2.24, 2.45) is 0 Å². The molecule has 0 fully saturated rings. The fraction of sp³-hybridized carbons (Fsp3) is 1.00. The Morgan fingerprint density at radius 3 is 2.36 bits per heavy atom. The lowest BCUT2D eigenvalue weighted by molar-refractivity contribution is 0.0574. The van der Waals surface area contributed by atoms with Crippen molar-refractivity contribution in [2.75, 3.05) is 7.11 Å². The Balaban J connectivity index is 3.28. The van der Waals surface area contributed by atoms with Gasteiger partial charge in [-0.3, -0.25) is 0 Å². The molecule has 0 aliphatic heterocycles. The summed E-state index contributed by atoms with van der Waals surface area (Å²) in [5.74, 6) is 0. The smallest absolute Gasteiger partial charge is 0.0591 e. The second-order valence-electron chi connectivity index (χ2n) is 3.75. The fourth-order valence-electron chi connectivity index (χ4n) is 0.940. The summed E-state index contributed by atoms with van der Waals surface area (Å²) >= 11 is 0. The molecule has 2 heteroatoms. The molecule has 0 saturated carbocycles. The zero-order valence-electron chi connectivity index (χ0n) is 8.05. The summed E-state index contributed by atoms with van der Waals surface area (Å²) in [6, 6.07) is 0. The van der Waals surface area contributed by atoms with Crippen LogP contribution in [0.4, 0.5) is 0 Å². The van der Waals surface area contributed by atoms with Gasteiger partial charge in [-0.15, -0.1) is 0 Å². The van der Waals surface area contributed by atoms with E-state index >= 15 is 0 Å². The van der Waals surface area contributed by atoms with E-state index < -0.39 is 5.60 Å². The van der Waals surface area contributed by atoms with Gasteiger partial charge in [-0.05, 0) is 40.0 Å². The maximum absolute atomic E-state index is 9.36. The van der Waals surface area contributed by atoms with Crippen molar-refractivity contribution in [3.05, 3.63) is 0 Å². The van der Waals surface area contributed by atoms with Crippen LogP contribution >= 0.6 is 0 Å². The van der Waals surface area contributed by atoms with Crippen LogP contribution in [0, 0.1) is 0 Å². The first-order valence-corrected chi connectivity index (χ1v) is 4.21. The normalized spacial score (nSPS) is 15.0. The Labute approximate surface area is 69.6 Å². The van der Waals surface area contributed by atoms with E-state index in [2.05, 4.69) is 0 Å². The van der Waals surface area contributed by atoms with E-state index in [0.29, 0.717) is 6.10 Å². The van der Waals surface area contributed by atoms with E-state index in [-0.39, 0.29) is 0 Å². The Kier molecular flexibility index (Phi) is 4.69. The zero-order chi connectivity index (χ0) is 8.91. The van der Waals surface area contributed by atoms with Gasteiger partial charge in [-0.1, -0.05) is 0 Å². The SMILES string of the molecule is COC(C)CCCC(C)(C)O. The summed E-state index contributed by atoms with van der Waals surface area (Å²) in [5, 5.41) is 9.36. The molecule has 1 atom stereocenters. The van der Waals surface area contributed by atoms with Crippen LogP contribution in [0.1, 0.15) is 40.0 Å². The van der Waals surface area contributed by atoms with Crippen molar-refractivity contribution >= 4 is 0 Å². The third-order valence-corrected chi connectivity index (χ3v) is 1.80. The third-order valence-electron chi connectivity index (χ3n) is 1.80. The van der Waals surface area contributed by atoms with Crippen LogP contribution in [0.25, 0.3) is 0 Å². The first-order chi connectivity index (χ1) is 4.95. The molecular formula is C9H20O2.